The van der Waals surface area contributed by atoms with Crippen molar-refractivity contribution in [3.8, 4) is 17.2 Å². The molecule has 2 aromatic carbocycles. The zero-order chi connectivity index (χ0) is 23.4. The maximum absolute atomic E-state index is 11.4. The van der Waals surface area contributed by atoms with Crippen LogP contribution in [0.4, 0.5) is 0 Å². The van der Waals surface area contributed by atoms with Gasteiger partial charge in [0.05, 0.1) is 25.1 Å². The lowest BCUT2D eigenvalue weighted by atomic mass is 10.0. The largest absolute Gasteiger partial charge is 0.494 e. The fourth-order valence-electron chi connectivity index (χ4n) is 3.83. The minimum Gasteiger partial charge on any atom is -0.494 e. The van der Waals surface area contributed by atoms with Crippen LogP contribution in [0.15, 0.2) is 59.4 Å². The average Bonchev–Trinajstić information content (AvgIpc) is 3.46. The Morgan fingerprint density at radius 1 is 1.24 bits per heavy atom. The lowest BCUT2D eigenvalue weighted by molar-refractivity contribution is 0.0994. The first kappa shape index (κ1) is 22.5. The molecule has 0 unspecified atom stereocenters. The van der Waals surface area contributed by atoms with Crippen molar-refractivity contribution in [3.63, 3.8) is 0 Å². The van der Waals surface area contributed by atoms with E-state index in [9.17, 15) is 9.90 Å². The first-order valence-electron chi connectivity index (χ1n) is 11.1. The van der Waals surface area contributed by atoms with Crippen LogP contribution in [0.1, 0.15) is 48.8 Å². The van der Waals surface area contributed by atoms with E-state index in [0.29, 0.717) is 30.9 Å². The van der Waals surface area contributed by atoms with Gasteiger partial charge in [-0.2, -0.15) is 0 Å². The number of para-hydroxylation sites is 1. The summed E-state index contributed by atoms with van der Waals surface area (Å²) in [5.41, 5.74) is 8.89. The second kappa shape index (κ2) is 9.87. The Kier molecular flexibility index (Phi) is 6.74. The van der Waals surface area contributed by atoms with Gasteiger partial charge >= 0.3 is 0 Å². The van der Waals surface area contributed by atoms with Gasteiger partial charge in [-0.05, 0) is 62.1 Å². The number of aryl methyl sites for hydroxylation is 1. The van der Waals surface area contributed by atoms with E-state index in [2.05, 4.69) is 11.9 Å². The minimum atomic E-state index is -0.638. The highest BCUT2D eigenvalue weighted by Gasteiger charge is 2.20. The van der Waals surface area contributed by atoms with Crippen LogP contribution in [0.3, 0.4) is 0 Å². The van der Waals surface area contributed by atoms with Crippen LogP contribution in [0, 0.1) is 0 Å². The van der Waals surface area contributed by atoms with Gasteiger partial charge in [0.2, 0.25) is 5.89 Å². The van der Waals surface area contributed by atoms with E-state index < -0.39 is 12.0 Å². The average molecular weight is 449 g/mol. The SMILES string of the molecule is CCCOc1ccc(-c2nc3c(CC[C@H]([C@H](C)O)n4cnc(C(N)=O)c4)cccc3o2)cc1. The highest BCUT2D eigenvalue weighted by Crippen LogP contribution is 2.29. The van der Waals surface area contributed by atoms with Crippen molar-refractivity contribution >= 4 is 17.0 Å². The summed E-state index contributed by atoms with van der Waals surface area (Å²) in [6, 6.07) is 13.3. The Balaban J connectivity index is 1.54. The van der Waals surface area contributed by atoms with E-state index in [1.165, 1.54) is 6.33 Å². The number of rotatable bonds is 10. The summed E-state index contributed by atoms with van der Waals surface area (Å²) in [7, 11) is 0. The summed E-state index contributed by atoms with van der Waals surface area (Å²) in [5, 5.41) is 10.3. The molecule has 0 aliphatic rings. The van der Waals surface area contributed by atoms with Crippen LogP contribution < -0.4 is 10.5 Å². The molecule has 0 fully saturated rings. The molecule has 4 aromatic rings. The van der Waals surface area contributed by atoms with E-state index in [0.717, 1.165) is 28.8 Å². The molecule has 2 heterocycles. The molecule has 4 rings (SSSR count). The number of nitrogens with zero attached hydrogens (tertiary/aromatic N) is 3. The van der Waals surface area contributed by atoms with Crippen LogP contribution in [0.2, 0.25) is 0 Å². The summed E-state index contributed by atoms with van der Waals surface area (Å²) >= 11 is 0. The van der Waals surface area contributed by atoms with Crippen LogP contribution in [-0.4, -0.2) is 38.3 Å². The number of ether oxygens (including phenoxy) is 1. The summed E-state index contributed by atoms with van der Waals surface area (Å²) in [5.74, 6) is 0.774. The molecule has 33 heavy (non-hydrogen) atoms. The molecule has 0 spiro atoms. The highest BCUT2D eigenvalue weighted by molar-refractivity contribution is 5.90. The molecule has 1 amide bonds. The number of hydrogen-bond donors (Lipinski definition) is 2. The molecule has 0 aliphatic carbocycles. The number of fused-ring (bicyclic) bond motifs is 1. The topological polar surface area (TPSA) is 116 Å². The normalized spacial score (nSPS) is 13.2. The second-order valence-electron chi connectivity index (χ2n) is 8.07. The predicted octanol–water partition coefficient (Wildman–Crippen LogP) is 4.13. The number of benzene rings is 2. The van der Waals surface area contributed by atoms with Crippen LogP contribution in [-0.2, 0) is 6.42 Å². The highest BCUT2D eigenvalue weighted by atomic mass is 16.5. The zero-order valence-electron chi connectivity index (χ0n) is 18.8. The predicted molar refractivity (Wildman–Crippen MR) is 125 cm³/mol. The van der Waals surface area contributed by atoms with Crippen molar-refractivity contribution in [2.24, 2.45) is 5.73 Å². The number of primary amides is 1. The third kappa shape index (κ3) is 5.06. The van der Waals surface area contributed by atoms with Crippen molar-refractivity contribution < 1.29 is 19.1 Å². The first-order chi connectivity index (χ1) is 16.0. The minimum absolute atomic E-state index is 0.176. The Bertz CT molecular complexity index is 1230. The summed E-state index contributed by atoms with van der Waals surface area (Å²) in [6.07, 6.45) is 4.70. The van der Waals surface area contributed by atoms with Crippen LogP contribution >= 0.6 is 0 Å². The number of aromatic nitrogens is 3. The second-order valence-corrected chi connectivity index (χ2v) is 8.07. The third-order valence-corrected chi connectivity index (χ3v) is 5.58. The summed E-state index contributed by atoms with van der Waals surface area (Å²) in [4.78, 5) is 20.1. The molecular formula is C25H28N4O4. The van der Waals surface area contributed by atoms with E-state index in [1.54, 1.807) is 17.7 Å². The fraction of sp³-hybridized carbons (Fsp3) is 0.320. The fourth-order valence-corrected chi connectivity index (χ4v) is 3.83. The molecule has 8 nitrogen and oxygen atoms in total. The number of aliphatic hydroxyl groups excluding tert-OH is 1. The quantitative estimate of drug-likeness (QED) is 0.377. The molecule has 0 saturated heterocycles. The van der Waals surface area contributed by atoms with Gasteiger partial charge in [0, 0.05) is 11.8 Å². The molecule has 3 N–H and O–H groups in total. The smallest absolute Gasteiger partial charge is 0.268 e. The van der Waals surface area contributed by atoms with Gasteiger partial charge in [0.15, 0.2) is 5.58 Å². The van der Waals surface area contributed by atoms with Crippen molar-refractivity contribution in [1.29, 1.82) is 0 Å². The van der Waals surface area contributed by atoms with Gasteiger partial charge in [-0.25, -0.2) is 9.97 Å². The van der Waals surface area contributed by atoms with Gasteiger partial charge < -0.3 is 24.6 Å². The molecular weight excluding hydrogens is 420 g/mol. The zero-order valence-corrected chi connectivity index (χ0v) is 18.8. The number of nitrogens with two attached hydrogens (primary N) is 1. The Morgan fingerprint density at radius 3 is 2.70 bits per heavy atom. The Labute approximate surface area is 192 Å². The van der Waals surface area contributed by atoms with Gasteiger partial charge in [-0.1, -0.05) is 19.1 Å². The molecule has 0 bridgehead atoms. The Morgan fingerprint density at radius 2 is 2.03 bits per heavy atom. The molecule has 2 aromatic heterocycles. The first-order valence-corrected chi connectivity index (χ1v) is 11.1. The lowest BCUT2D eigenvalue weighted by Gasteiger charge is -2.21. The molecule has 0 saturated carbocycles. The molecule has 172 valence electrons. The van der Waals surface area contributed by atoms with Crippen molar-refractivity contribution in [1.82, 2.24) is 14.5 Å². The standard InChI is InChI=1S/C25H28N4O4/c1-3-13-32-19-10-7-18(8-11-19)25-28-23-17(5-4-6-22(23)33-25)9-12-21(16(2)30)29-14-20(24(26)31)27-15-29/h4-8,10-11,14-16,21,30H,3,9,12-13H2,1-2H3,(H2,26,31)/t16-,21+/m0/s1. The third-order valence-electron chi connectivity index (χ3n) is 5.58. The van der Waals surface area contributed by atoms with E-state index in [-0.39, 0.29) is 11.7 Å². The van der Waals surface area contributed by atoms with E-state index >= 15 is 0 Å². The van der Waals surface area contributed by atoms with Gasteiger partial charge in [-0.3, -0.25) is 4.79 Å². The number of carbonyl (C=O) groups excluding carboxylic acids is 1. The van der Waals surface area contributed by atoms with Gasteiger partial charge in [-0.15, -0.1) is 0 Å². The molecule has 8 heteroatoms. The molecule has 0 aliphatic heterocycles. The summed E-state index contributed by atoms with van der Waals surface area (Å²) in [6.45, 7) is 4.47. The van der Waals surface area contributed by atoms with Crippen molar-refractivity contribution in [3.05, 3.63) is 66.2 Å². The molecule has 2 atom stereocenters. The van der Waals surface area contributed by atoms with E-state index in [1.807, 2.05) is 42.5 Å². The van der Waals surface area contributed by atoms with Gasteiger partial charge in [0.1, 0.15) is 17.0 Å². The number of oxazole rings is 1. The lowest BCUT2D eigenvalue weighted by Crippen LogP contribution is -2.21. The number of hydrogen-bond acceptors (Lipinski definition) is 6. The number of imidazole rings is 1. The maximum Gasteiger partial charge on any atom is 0.268 e. The van der Waals surface area contributed by atoms with Crippen molar-refractivity contribution in [2.45, 2.75) is 45.3 Å². The maximum atomic E-state index is 11.4. The van der Waals surface area contributed by atoms with Crippen LogP contribution in [0.5, 0.6) is 5.75 Å². The van der Waals surface area contributed by atoms with E-state index in [4.69, 9.17) is 19.9 Å². The number of aliphatic hydroxyl groups is 1. The summed E-state index contributed by atoms with van der Waals surface area (Å²) < 4.78 is 13.4. The number of amides is 1. The van der Waals surface area contributed by atoms with Crippen molar-refractivity contribution in [2.75, 3.05) is 6.61 Å². The monoisotopic (exact) mass is 448 g/mol. The number of carbonyl (C=O) groups is 1. The molecule has 0 radical (unpaired) electrons. The Hall–Kier alpha value is -3.65. The van der Waals surface area contributed by atoms with Gasteiger partial charge in [0.25, 0.3) is 5.91 Å². The van der Waals surface area contributed by atoms with Crippen LogP contribution in [0.25, 0.3) is 22.6 Å².